The average Bonchev–Trinajstić information content (AvgIpc) is 3.69. The molecule has 6 rings (SSSR count). The first-order chi connectivity index (χ1) is 17.2. The van der Waals surface area contributed by atoms with E-state index in [0.717, 1.165) is 41.6 Å². The quantitative estimate of drug-likeness (QED) is 0.317. The first kappa shape index (κ1) is 21.1. The number of aromatic nitrogens is 3. The molecule has 170 valence electrons. The highest BCUT2D eigenvalue weighted by molar-refractivity contribution is 6.03. The van der Waals surface area contributed by atoms with Crippen LogP contribution >= 0.6 is 0 Å². The summed E-state index contributed by atoms with van der Waals surface area (Å²) in [5.41, 5.74) is 7.02. The molecule has 0 atom stereocenters. The van der Waals surface area contributed by atoms with Crippen molar-refractivity contribution in [1.82, 2.24) is 14.8 Å². The predicted octanol–water partition coefficient (Wildman–Crippen LogP) is 6.77. The van der Waals surface area contributed by atoms with Crippen molar-refractivity contribution in [3.63, 3.8) is 0 Å². The normalized spacial score (nSPS) is 13.1. The molecular formula is C30H24N4O. The Morgan fingerprint density at radius 3 is 2.34 bits per heavy atom. The summed E-state index contributed by atoms with van der Waals surface area (Å²) in [5.74, 6) is 0.466. The summed E-state index contributed by atoms with van der Waals surface area (Å²) in [6, 6.07) is 27.8. The van der Waals surface area contributed by atoms with Gasteiger partial charge in [-0.2, -0.15) is 10.4 Å². The van der Waals surface area contributed by atoms with E-state index >= 15 is 0 Å². The minimum atomic E-state index is 0.137. The molecule has 0 unspecified atom stereocenters. The number of nitrogens with zero attached hydrogens (tertiary/aromatic N) is 4. The lowest BCUT2D eigenvalue weighted by molar-refractivity contribution is 0.477. The minimum Gasteiger partial charge on any atom is -0.507 e. The van der Waals surface area contributed by atoms with Gasteiger partial charge in [0.05, 0.1) is 28.0 Å². The number of fused-ring (bicyclic) bond motifs is 1. The van der Waals surface area contributed by atoms with Crippen molar-refractivity contribution >= 4 is 11.0 Å². The number of phenolic OH excluding ortho intramolecular Hbond substituents is 1. The van der Waals surface area contributed by atoms with Crippen LogP contribution in [0.1, 0.15) is 42.5 Å². The monoisotopic (exact) mass is 456 g/mol. The Morgan fingerprint density at radius 1 is 0.971 bits per heavy atom. The largest absolute Gasteiger partial charge is 0.507 e. The summed E-state index contributed by atoms with van der Waals surface area (Å²) in [4.78, 5) is 5.09. The van der Waals surface area contributed by atoms with Gasteiger partial charge >= 0.3 is 0 Å². The molecule has 5 aromatic rings. The third-order valence-electron chi connectivity index (χ3n) is 6.73. The second-order valence-electron chi connectivity index (χ2n) is 9.00. The molecule has 0 saturated heterocycles. The summed E-state index contributed by atoms with van der Waals surface area (Å²) < 4.78 is 1.89. The molecule has 2 aromatic heterocycles. The molecule has 0 aliphatic heterocycles. The van der Waals surface area contributed by atoms with Crippen LogP contribution < -0.4 is 0 Å². The maximum Gasteiger partial charge on any atom is 0.164 e. The van der Waals surface area contributed by atoms with Crippen molar-refractivity contribution in [1.29, 1.82) is 5.26 Å². The highest BCUT2D eigenvalue weighted by Gasteiger charge is 2.33. The van der Waals surface area contributed by atoms with Crippen molar-refractivity contribution in [3.8, 4) is 39.9 Å². The number of para-hydroxylation sites is 2. The predicted molar refractivity (Wildman–Crippen MR) is 137 cm³/mol. The average molecular weight is 457 g/mol. The second kappa shape index (κ2) is 8.41. The van der Waals surface area contributed by atoms with E-state index in [2.05, 4.69) is 25.1 Å². The van der Waals surface area contributed by atoms with E-state index in [1.165, 1.54) is 5.56 Å². The van der Waals surface area contributed by atoms with E-state index in [4.69, 9.17) is 10.1 Å². The lowest BCUT2D eigenvalue weighted by atomic mass is 9.92. The number of phenols is 1. The first-order valence-electron chi connectivity index (χ1n) is 12.0. The van der Waals surface area contributed by atoms with Gasteiger partial charge in [-0.05, 0) is 43.0 Å². The van der Waals surface area contributed by atoms with Gasteiger partial charge in [0.2, 0.25) is 0 Å². The lowest BCUT2D eigenvalue weighted by Gasteiger charge is -2.14. The molecule has 1 fully saturated rings. The Morgan fingerprint density at radius 2 is 1.69 bits per heavy atom. The summed E-state index contributed by atoms with van der Waals surface area (Å²) in [5, 5.41) is 27.2. The molecule has 0 amide bonds. The minimum absolute atomic E-state index is 0.137. The molecule has 1 saturated carbocycles. The Kier molecular flexibility index (Phi) is 5.08. The van der Waals surface area contributed by atoms with Crippen LogP contribution in [0.5, 0.6) is 5.75 Å². The van der Waals surface area contributed by atoms with E-state index in [1.54, 1.807) is 12.1 Å². The van der Waals surface area contributed by atoms with Crippen LogP contribution in [0, 0.1) is 11.3 Å². The van der Waals surface area contributed by atoms with Gasteiger partial charge < -0.3 is 5.11 Å². The van der Waals surface area contributed by atoms with E-state index in [9.17, 15) is 10.4 Å². The van der Waals surface area contributed by atoms with Gasteiger partial charge in [-0.25, -0.2) is 9.67 Å². The first-order valence-corrected chi connectivity index (χ1v) is 12.0. The molecule has 5 nitrogen and oxygen atoms in total. The summed E-state index contributed by atoms with van der Waals surface area (Å²) in [7, 11) is 0. The van der Waals surface area contributed by atoms with Crippen molar-refractivity contribution in [2.45, 2.75) is 32.1 Å². The summed E-state index contributed by atoms with van der Waals surface area (Å²) in [6.45, 7) is 2.12. The van der Waals surface area contributed by atoms with Crippen molar-refractivity contribution in [3.05, 3.63) is 95.7 Å². The van der Waals surface area contributed by atoms with E-state index in [-0.39, 0.29) is 5.75 Å². The smallest absolute Gasteiger partial charge is 0.164 e. The van der Waals surface area contributed by atoms with Gasteiger partial charge in [-0.3, -0.25) is 0 Å². The molecule has 2 heterocycles. The number of rotatable bonds is 5. The molecule has 0 radical (unpaired) electrons. The van der Waals surface area contributed by atoms with Gasteiger partial charge in [0.15, 0.2) is 5.65 Å². The van der Waals surface area contributed by atoms with Gasteiger partial charge in [0, 0.05) is 22.6 Å². The number of benzene rings is 3. The fraction of sp³-hybridized carbons (Fsp3) is 0.167. The number of hydrogen-bond donors (Lipinski definition) is 1. The summed E-state index contributed by atoms with van der Waals surface area (Å²) >= 11 is 0. The zero-order chi connectivity index (χ0) is 23.9. The molecular weight excluding hydrogens is 432 g/mol. The maximum absolute atomic E-state index is 10.9. The standard InChI is InChI=1S/C30H24N4O/c1-2-19-12-14-20(15-13-19)28-24(18-31)26(23-10-6-7-11-25(23)35)27-29(21-16-17-21)33-34(30(27)32-28)22-8-4-3-5-9-22/h3-15,21,35H,2,16-17H2,1H3. The highest BCUT2D eigenvalue weighted by Crippen LogP contribution is 2.48. The topological polar surface area (TPSA) is 74.7 Å². The molecule has 1 N–H and O–H groups in total. The van der Waals surface area contributed by atoms with Crippen LogP contribution in [0.15, 0.2) is 78.9 Å². The Labute approximate surface area is 203 Å². The van der Waals surface area contributed by atoms with Gasteiger partial charge in [-0.1, -0.05) is 67.6 Å². The van der Waals surface area contributed by atoms with Crippen LogP contribution in [0.4, 0.5) is 0 Å². The van der Waals surface area contributed by atoms with Crippen LogP contribution in [-0.4, -0.2) is 19.9 Å². The number of aromatic hydroxyl groups is 1. The second-order valence-corrected chi connectivity index (χ2v) is 9.00. The van der Waals surface area contributed by atoms with Gasteiger partial charge in [0.1, 0.15) is 11.8 Å². The fourth-order valence-corrected chi connectivity index (χ4v) is 4.74. The lowest BCUT2D eigenvalue weighted by Crippen LogP contribution is -2.01. The third-order valence-corrected chi connectivity index (χ3v) is 6.73. The van der Waals surface area contributed by atoms with Crippen LogP contribution in [0.2, 0.25) is 0 Å². The fourth-order valence-electron chi connectivity index (χ4n) is 4.74. The van der Waals surface area contributed by atoms with Crippen molar-refractivity contribution in [2.24, 2.45) is 0 Å². The molecule has 0 spiro atoms. The zero-order valence-electron chi connectivity index (χ0n) is 19.4. The van der Waals surface area contributed by atoms with Gasteiger partial charge in [-0.15, -0.1) is 0 Å². The molecule has 3 aromatic carbocycles. The number of hydrogen-bond acceptors (Lipinski definition) is 4. The van der Waals surface area contributed by atoms with Crippen LogP contribution in [0.3, 0.4) is 0 Å². The van der Waals surface area contributed by atoms with Crippen molar-refractivity contribution in [2.75, 3.05) is 0 Å². The SMILES string of the molecule is CCc1ccc(-c2nc3c(c(C4CC4)nn3-c3ccccc3)c(-c3ccccc3O)c2C#N)cc1. The highest BCUT2D eigenvalue weighted by atomic mass is 16.3. The maximum atomic E-state index is 10.9. The van der Waals surface area contributed by atoms with E-state index in [0.29, 0.717) is 33.9 Å². The molecule has 1 aliphatic carbocycles. The van der Waals surface area contributed by atoms with Crippen molar-refractivity contribution < 1.29 is 5.11 Å². The number of aryl methyl sites for hydroxylation is 1. The number of pyridine rings is 1. The number of nitriles is 1. The zero-order valence-corrected chi connectivity index (χ0v) is 19.4. The van der Waals surface area contributed by atoms with Gasteiger partial charge in [0.25, 0.3) is 0 Å². The van der Waals surface area contributed by atoms with E-state index < -0.39 is 0 Å². The van der Waals surface area contributed by atoms with Crippen LogP contribution in [0.25, 0.3) is 39.1 Å². The molecule has 0 bridgehead atoms. The third kappa shape index (κ3) is 3.55. The Balaban J connectivity index is 1.76. The summed E-state index contributed by atoms with van der Waals surface area (Å²) in [6.07, 6.45) is 3.05. The van der Waals surface area contributed by atoms with E-state index in [1.807, 2.05) is 59.3 Å². The Hall–Kier alpha value is -4.43. The molecule has 1 aliphatic rings. The molecule has 5 heteroatoms. The Bertz CT molecular complexity index is 1590. The molecule has 35 heavy (non-hydrogen) atoms. The van der Waals surface area contributed by atoms with Crippen LogP contribution in [-0.2, 0) is 6.42 Å².